The highest BCUT2D eigenvalue weighted by atomic mass is 32.2. The van der Waals surface area contributed by atoms with E-state index in [2.05, 4.69) is 10.3 Å². The zero-order valence-electron chi connectivity index (χ0n) is 13.7. The molecule has 1 aromatic rings. The molecule has 0 aromatic heterocycles. The Labute approximate surface area is 144 Å². The number of rotatable bonds is 4. The second kappa shape index (κ2) is 6.76. The topological polar surface area (TPSA) is 78.8 Å². The second-order valence-electron chi connectivity index (χ2n) is 6.19. The standard InChI is InChI=1S/C17H19N3O3S/c1-10(2)5-7-20-15(22)12-4-3-11(9-13(12)16(20)23)14(21)19-17-18-6-8-24-17/h3-4,9-10H,5-8H2,1-2H3,(H,18,19,21). The van der Waals surface area contributed by atoms with E-state index < -0.39 is 0 Å². The van der Waals surface area contributed by atoms with Gasteiger partial charge in [-0.05, 0) is 30.5 Å². The average molecular weight is 345 g/mol. The number of thioether (sulfide) groups is 1. The van der Waals surface area contributed by atoms with Crippen LogP contribution in [-0.4, -0.2) is 46.6 Å². The first-order valence-corrected chi connectivity index (χ1v) is 8.95. The van der Waals surface area contributed by atoms with Crippen molar-refractivity contribution in [2.45, 2.75) is 20.3 Å². The molecule has 126 valence electrons. The normalized spacial score (nSPS) is 16.6. The molecular weight excluding hydrogens is 326 g/mol. The molecule has 0 spiro atoms. The van der Waals surface area contributed by atoms with Crippen LogP contribution in [0.4, 0.5) is 0 Å². The minimum absolute atomic E-state index is 0.279. The molecule has 2 heterocycles. The predicted molar refractivity (Wildman–Crippen MR) is 93.5 cm³/mol. The number of nitrogens with zero attached hydrogens (tertiary/aromatic N) is 2. The van der Waals surface area contributed by atoms with Gasteiger partial charge in [-0.15, -0.1) is 0 Å². The third kappa shape index (κ3) is 3.21. The van der Waals surface area contributed by atoms with Crippen LogP contribution in [0.2, 0.25) is 0 Å². The van der Waals surface area contributed by atoms with Crippen LogP contribution >= 0.6 is 11.8 Å². The Bertz CT molecular complexity index is 743. The number of amides is 3. The monoisotopic (exact) mass is 345 g/mol. The van der Waals surface area contributed by atoms with Crippen molar-refractivity contribution < 1.29 is 14.4 Å². The molecule has 1 aromatic carbocycles. The van der Waals surface area contributed by atoms with E-state index in [0.29, 0.717) is 40.9 Å². The summed E-state index contributed by atoms with van der Waals surface area (Å²) >= 11 is 1.49. The Kier molecular flexibility index (Phi) is 4.71. The maximum atomic E-state index is 12.5. The molecule has 0 atom stereocenters. The number of carbonyl (C=O) groups excluding carboxylic acids is 3. The maximum Gasteiger partial charge on any atom is 0.261 e. The molecule has 24 heavy (non-hydrogen) atoms. The van der Waals surface area contributed by atoms with Crippen molar-refractivity contribution in [3.05, 3.63) is 34.9 Å². The van der Waals surface area contributed by atoms with E-state index in [1.54, 1.807) is 12.1 Å². The molecule has 7 heteroatoms. The van der Waals surface area contributed by atoms with Crippen molar-refractivity contribution in [1.82, 2.24) is 10.2 Å². The highest BCUT2D eigenvalue weighted by molar-refractivity contribution is 8.14. The Morgan fingerprint density at radius 2 is 2.04 bits per heavy atom. The quantitative estimate of drug-likeness (QED) is 0.848. The van der Waals surface area contributed by atoms with Crippen LogP contribution in [0.15, 0.2) is 23.2 Å². The van der Waals surface area contributed by atoms with Crippen LogP contribution in [-0.2, 0) is 0 Å². The van der Waals surface area contributed by atoms with Crippen molar-refractivity contribution in [3.8, 4) is 0 Å². The van der Waals surface area contributed by atoms with E-state index in [1.807, 2.05) is 13.8 Å². The van der Waals surface area contributed by atoms with Gasteiger partial charge in [-0.3, -0.25) is 24.3 Å². The summed E-state index contributed by atoms with van der Waals surface area (Å²) in [5.74, 6) is 0.348. The lowest BCUT2D eigenvalue weighted by molar-refractivity contribution is 0.0647. The molecule has 0 radical (unpaired) electrons. The maximum absolute atomic E-state index is 12.5. The lowest BCUT2D eigenvalue weighted by Gasteiger charge is -2.14. The molecule has 0 saturated carbocycles. The molecular formula is C17H19N3O3S. The number of amidine groups is 1. The zero-order valence-corrected chi connectivity index (χ0v) is 14.5. The highest BCUT2D eigenvalue weighted by Crippen LogP contribution is 2.25. The molecule has 0 aliphatic carbocycles. The van der Waals surface area contributed by atoms with Gasteiger partial charge in [-0.1, -0.05) is 25.6 Å². The van der Waals surface area contributed by atoms with Crippen LogP contribution in [0.1, 0.15) is 51.3 Å². The van der Waals surface area contributed by atoms with Gasteiger partial charge < -0.3 is 5.32 Å². The molecule has 6 nitrogen and oxygen atoms in total. The predicted octanol–water partition coefficient (Wildman–Crippen LogP) is 2.16. The molecule has 1 N–H and O–H groups in total. The minimum Gasteiger partial charge on any atom is -0.301 e. The lowest BCUT2D eigenvalue weighted by Crippen LogP contribution is -2.31. The Balaban J connectivity index is 1.78. The molecule has 0 saturated heterocycles. The SMILES string of the molecule is CC(C)CCN1C(=O)c2ccc(C(=O)NC3=NCCS3)cc2C1=O. The molecule has 0 unspecified atom stereocenters. The van der Waals surface area contributed by atoms with Gasteiger partial charge in [0.2, 0.25) is 0 Å². The minimum atomic E-state index is -0.321. The van der Waals surface area contributed by atoms with Crippen LogP contribution in [0.5, 0.6) is 0 Å². The van der Waals surface area contributed by atoms with Crippen LogP contribution in [0.3, 0.4) is 0 Å². The number of imide groups is 1. The second-order valence-corrected chi connectivity index (χ2v) is 7.28. The molecule has 0 fully saturated rings. The van der Waals surface area contributed by atoms with E-state index >= 15 is 0 Å². The molecule has 3 amide bonds. The average Bonchev–Trinajstić information content (AvgIpc) is 3.13. The van der Waals surface area contributed by atoms with Gasteiger partial charge in [-0.25, -0.2) is 0 Å². The number of aliphatic imine (C=N–C) groups is 1. The van der Waals surface area contributed by atoms with E-state index in [9.17, 15) is 14.4 Å². The van der Waals surface area contributed by atoms with Crippen molar-refractivity contribution in [1.29, 1.82) is 0 Å². The fourth-order valence-electron chi connectivity index (χ4n) is 2.60. The number of carbonyl (C=O) groups is 3. The summed E-state index contributed by atoms with van der Waals surface area (Å²) in [6.07, 6.45) is 0.760. The van der Waals surface area contributed by atoms with Gasteiger partial charge in [0.15, 0.2) is 5.17 Å². The molecule has 2 aliphatic rings. The summed E-state index contributed by atoms with van der Waals surface area (Å²) in [6, 6.07) is 4.63. The van der Waals surface area contributed by atoms with Crippen molar-refractivity contribution >= 4 is 34.7 Å². The molecule has 3 rings (SSSR count). The highest BCUT2D eigenvalue weighted by Gasteiger charge is 2.35. The first kappa shape index (κ1) is 16.7. The van der Waals surface area contributed by atoms with Gasteiger partial charge in [0.1, 0.15) is 0 Å². The number of fused-ring (bicyclic) bond motifs is 1. The first-order chi connectivity index (χ1) is 11.5. The largest absolute Gasteiger partial charge is 0.301 e. The van der Waals surface area contributed by atoms with Crippen molar-refractivity contribution in [2.24, 2.45) is 10.9 Å². The van der Waals surface area contributed by atoms with Gasteiger partial charge in [0.05, 0.1) is 17.7 Å². The summed E-state index contributed by atoms with van der Waals surface area (Å²) in [6.45, 7) is 5.19. The number of nitrogens with one attached hydrogen (secondary N) is 1. The fraction of sp³-hybridized carbons (Fsp3) is 0.412. The van der Waals surface area contributed by atoms with Gasteiger partial charge in [-0.2, -0.15) is 0 Å². The Hall–Kier alpha value is -2.15. The third-order valence-corrected chi connectivity index (χ3v) is 4.86. The van der Waals surface area contributed by atoms with Crippen LogP contribution in [0, 0.1) is 5.92 Å². The summed E-state index contributed by atoms with van der Waals surface area (Å²) < 4.78 is 0. The zero-order chi connectivity index (χ0) is 17.3. The Morgan fingerprint density at radius 3 is 2.71 bits per heavy atom. The van der Waals surface area contributed by atoms with E-state index in [4.69, 9.17) is 0 Å². The number of benzene rings is 1. The molecule has 0 bridgehead atoms. The van der Waals surface area contributed by atoms with Crippen molar-refractivity contribution in [2.75, 3.05) is 18.8 Å². The van der Waals surface area contributed by atoms with Gasteiger partial charge in [0.25, 0.3) is 17.7 Å². The van der Waals surface area contributed by atoms with Crippen molar-refractivity contribution in [3.63, 3.8) is 0 Å². The Morgan fingerprint density at radius 1 is 1.29 bits per heavy atom. The number of hydrogen-bond donors (Lipinski definition) is 1. The summed E-state index contributed by atoms with van der Waals surface area (Å²) in [5.41, 5.74) is 1.03. The number of hydrogen-bond acceptors (Lipinski definition) is 5. The smallest absolute Gasteiger partial charge is 0.261 e. The molecule has 2 aliphatic heterocycles. The van der Waals surface area contributed by atoms with Gasteiger partial charge in [0, 0.05) is 17.9 Å². The summed E-state index contributed by atoms with van der Waals surface area (Å²) in [5, 5.41) is 3.33. The summed E-state index contributed by atoms with van der Waals surface area (Å²) in [4.78, 5) is 42.6. The lowest BCUT2D eigenvalue weighted by atomic mass is 10.1. The fourth-order valence-corrected chi connectivity index (χ4v) is 3.33. The van der Waals surface area contributed by atoms with Crippen LogP contribution in [0.25, 0.3) is 0 Å². The summed E-state index contributed by atoms with van der Waals surface area (Å²) in [7, 11) is 0. The van der Waals surface area contributed by atoms with Crippen LogP contribution < -0.4 is 5.32 Å². The van der Waals surface area contributed by atoms with E-state index in [1.165, 1.54) is 22.7 Å². The third-order valence-electron chi connectivity index (χ3n) is 3.97. The van der Waals surface area contributed by atoms with Gasteiger partial charge >= 0.3 is 0 Å². The van der Waals surface area contributed by atoms with E-state index in [-0.39, 0.29) is 17.7 Å². The van der Waals surface area contributed by atoms with E-state index in [0.717, 1.165) is 12.2 Å². The first-order valence-electron chi connectivity index (χ1n) is 7.96.